The van der Waals surface area contributed by atoms with E-state index in [4.69, 9.17) is 0 Å². The monoisotopic (exact) mass is 546 g/mol. The molecule has 4 aromatic carbocycles. The smallest absolute Gasteiger partial charge is 0.627 e. The van der Waals surface area contributed by atoms with Gasteiger partial charge in [-0.1, -0.05) is 129 Å². The summed E-state index contributed by atoms with van der Waals surface area (Å²) in [6, 6.07) is 41.7. The third-order valence-corrected chi connectivity index (χ3v) is 7.90. The van der Waals surface area contributed by atoms with Crippen molar-refractivity contribution in [1.29, 1.82) is 0 Å². The molecule has 0 aliphatic rings. The summed E-state index contributed by atoms with van der Waals surface area (Å²) in [4.78, 5) is 16.1. The summed E-state index contributed by atoms with van der Waals surface area (Å²) in [6.07, 6.45) is 1.70. The number of hydrogen-bond donors (Lipinski definition) is 0. The van der Waals surface area contributed by atoms with Crippen molar-refractivity contribution in [3.05, 3.63) is 140 Å². The molecule has 1 heterocycles. The van der Waals surface area contributed by atoms with Gasteiger partial charge in [0.05, 0.1) is 5.52 Å². The van der Waals surface area contributed by atoms with Gasteiger partial charge in [0.15, 0.2) is 0 Å². The molecule has 0 atom stereocenters. The molecule has 0 fully saturated rings. The molecule has 3 nitrogen and oxygen atoms in total. The van der Waals surface area contributed by atoms with E-state index in [2.05, 4.69) is 108 Å². The van der Waals surface area contributed by atoms with E-state index in [1.165, 1.54) is 15.9 Å². The maximum absolute atomic E-state index is 11.8. The summed E-state index contributed by atoms with van der Waals surface area (Å²) in [5.74, 6) is -0.240. The van der Waals surface area contributed by atoms with Crippen LogP contribution in [0.15, 0.2) is 128 Å². The van der Waals surface area contributed by atoms with Crippen molar-refractivity contribution >= 4 is 46.3 Å². The number of pyridine rings is 1. The first-order valence-electron chi connectivity index (χ1n) is 11.8. The summed E-state index contributed by atoms with van der Waals surface area (Å²) in [6.45, 7) is 7.28. The number of amides is 1. The molecule has 5 heteroatoms. The molecule has 5 aromatic rings. The minimum Gasteiger partial charge on any atom is -0.627 e. The van der Waals surface area contributed by atoms with Crippen molar-refractivity contribution in [2.45, 2.75) is 13.8 Å². The van der Waals surface area contributed by atoms with E-state index in [0.29, 0.717) is 5.69 Å². The molecule has 188 valence electrons. The van der Waals surface area contributed by atoms with E-state index in [-0.39, 0.29) is 22.4 Å². The Morgan fingerprint density at radius 3 is 1.62 bits per heavy atom. The van der Waals surface area contributed by atoms with Crippen molar-refractivity contribution in [1.82, 2.24) is 4.98 Å². The Kier molecular flexibility index (Phi) is 10.2. The van der Waals surface area contributed by atoms with Gasteiger partial charge >= 0.3 is 16.5 Å². The van der Waals surface area contributed by atoms with E-state index < -0.39 is 13.3 Å². The van der Waals surface area contributed by atoms with Crippen LogP contribution in [0.1, 0.15) is 13.8 Å². The Bertz CT molecular complexity index is 1310. The number of hydrogen-bond acceptors (Lipinski definition) is 2. The quantitative estimate of drug-likeness (QED) is 0.134. The van der Waals surface area contributed by atoms with Gasteiger partial charge in [0.1, 0.15) is 0 Å². The van der Waals surface area contributed by atoms with Crippen molar-refractivity contribution in [2.24, 2.45) is 5.41 Å². The number of nitrogens with zero attached hydrogens (tertiary/aromatic N) is 2. The fraction of sp³-hybridized carbons (Fsp3) is 0.0938. The third-order valence-electron chi connectivity index (χ3n) is 5.46. The van der Waals surface area contributed by atoms with Crippen molar-refractivity contribution in [2.75, 3.05) is 0 Å². The molecule has 5 rings (SSSR count). The minimum atomic E-state index is -0.711. The molecule has 0 N–H and O–H groups in total. The van der Waals surface area contributed by atoms with Gasteiger partial charge < -0.3 is 17.0 Å². The Labute approximate surface area is 231 Å². The number of benzene rings is 4. The van der Waals surface area contributed by atoms with Gasteiger partial charge in [0.2, 0.25) is 0 Å². The van der Waals surface area contributed by atoms with Crippen LogP contribution in [0.4, 0.5) is 5.69 Å². The van der Waals surface area contributed by atoms with Gasteiger partial charge in [-0.2, -0.15) is 0 Å². The van der Waals surface area contributed by atoms with Gasteiger partial charge in [0.25, 0.3) is 0 Å². The SMILES string of the molecule is [CH2-]C(C)(C)C(=O)[N-]c1cccc2cccnc12.[Ni+2].c1ccc(P(c2ccccc2)c2ccccc2)cc1. The fourth-order valence-corrected chi connectivity index (χ4v) is 5.92. The molecule has 1 amide bonds. The zero-order valence-corrected chi connectivity index (χ0v) is 22.8. The summed E-state index contributed by atoms with van der Waals surface area (Å²) in [5, 5.41) is 9.26. The van der Waals surface area contributed by atoms with E-state index in [9.17, 15) is 4.79 Å². The molecule has 0 spiro atoms. The number of aromatic nitrogens is 1. The van der Waals surface area contributed by atoms with E-state index >= 15 is 0 Å². The van der Waals surface area contributed by atoms with Gasteiger partial charge in [-0.25, -0.2) is 0 Å². The number of para-hydroxylation sites is 1. The largest absolute Gasteiger partial charge is 2.00 e. The van der Waals surface area contributed by atoms with Crippen LogP contribution in [0.25, 0.3) is 16.2 Å². The van der Waals surface area contributed by atoms with E-state index in [1.54, 1.807) is 26.1 Å². The summed E-state index contributed by atoms with van der Waals surface area (Å²) in [7, 11) is -0.446. The Balaban J connectivity index is 0.000000201. The van der Waals surface area contributed by atoms with Crippen LogP contribution in [-0.2, 0) is 21.3 Å². The fourth-order valence-electron chi connectivity index (χ4n) is 3.62. The van der Waals surface area contributed by atoms with E-state index in [0.717, 1.165) is 10.9 Å². The summed E-state index contributed by atoms with van der Waals surface area (Å²) >= 11 is 0. The van der Waals surface area contributed by atoms with Crippen LogP contribution in [0.2, 0.25) is 0 Å². The molecule has 0 aliphatic heterocycles. The molecule has 0 radical (unpaired) electrons. The number of carbonyl (C=O) groups excluding carboxylic acids is 1. The van der Waals surface area contributed by atoms with Crippen LogP contribution in [0.3, 0.4) is 0 Å². The first-order valence-corrected chi connectivity index (χ1v) is 13.2. The van der Waals surface area contributed by atoms with Gasteiger partial charge in [-0.3, -0.25) is 4.98 Å². The predicted molar refractivity (Wildman–Crippen MR) is 154 cm³/mol. The second-order valence-electron chi connectivity index (χ2n) is 9.00. The first-order chi connectivity index (χ1) is 17.4. The number of carbonyl (C=O) groups is 1. The Morgan fingerprint density at radius 2 is 1.16 bits per heavy atom. The van der Waals surface area contributed by atoms with Crippen molar-refractivity contribution in [3.8, 4) is 0 Å². The standard InChI is InChI=1S/C18H15P.C14H15N2O.Ni/c1-4-10-16(11-5-1)19(17-12-6-2-7-13-17)18-14-8-3-9-15-18;1-14(2,3)13(17)16-11-8-4-6-10-7-5-9-15-12(10)11;/h1-15H;4-9H,1H2,2-3H3,(H,16,17);/q;-1;+2/p-1. The normalized spacial score (nSPS) is 10.7. The van der Waals surface area contributed by atoms with Crippen molar-refractivity contribution in [3.63, 3.8) is 0 Å². The minimum absolute atomic E-state index is 0. The Hall–Kier alpha value is -3.32. The molecule has 0 bridgehead atoms. The number of rotatable bonds is 5. The zero-order chi connectivity index (χ0) is 25.4. The maximum Gasteiger partial charge on any atom is 2.00 e. The Morgan fingerprint density at radius 1 is 0.703 bits per heavy atom. The molecule has 37 heavy (non-hydrogen) atoms. The summed E-state index contributed by atoms with van der Waals surface area (Å²) < 4.78 is 0. The average Bonchev–Trinajstić information content (AvgIpc) is 2.91. The molecule has 0 saturated carbocycles. The molecule has 0 unspecified atom stereocenters. The molecule has 0 aliphatic carbocycles. The second kappa shape index (κ2) is 13.3. The van der Waals surface area contributed by atoms with Crippen LogP contribution in [-0.4, -0.2) is 10.9 Å². The zero-order valence-electron chi connectivity index (χ0n) is 20.9. The topological polar surface area (TPSA) is 44.1 Å². The van der Waals surface area contributed by atoms with Crippen LogP contribution in [0.5, 0.6) is 0 Å². The number of fused-ring (bicyclic) bond motifs is 1. The molecular formula is C32H29N2NiOP. The second-order valence-corrected chi connectivity index (χ2v) is 11.2. The van der Waals surface area contributed by atoms with Crippen molar-refractivity contribution < 1.29 is 21.3 Å². The van der Waals surface area contributed by atoms with Crippen LogP contribution < -0.4 is 15.9 Å². The average molecular weight is 547 g/mol. The molecule has 1 aromatic heterocycles. The van der Waals surface area contributed by atoms with E-state index in [1.807, 2.05) is 24.3 Å². The third kappa shape index (κ3) is 7.59. The summed E-state index contributed by atoms with van der Waals surface area (Å²) in [5.41, 5.74) is 0.633. The van der Waals surface area contributed by atoms with Gasteiger partial charge in [0, 0.05) is 12.1 Å². The first kappa shape index (κ1) is 28.3. The van der Waals surface area contributed by atoms with Crippen LogP contribution >= 0.6 is 7.92 Å². The van der Waals surface area contributed by atoms with Gasteiger partial charge in [-0.15, -0.1) is 11.1 Å². The predicted octanol–water partition coefficient (Wildman–Crippen LogP) is 7.07. The van der Waals surface area contributed by atoms with Crippen LogP contribution in [0, 0.1) is 12.3 Å². The molecule has 0 saturated heterocycles. The molecular weight excluding hydrogens is 518 g/mol. The maximum atomic E-state index is 11.8. The van der Waals surface area contributed by atoms with Gasteiger partial charge in [-0.05, 0) is 35.3 Å².